The highest BCUT2D eigenvalue weighted by Gasteiger charge is 2.30. The van der Waals surface area contributed by atoms with E-state index < -0.39 is 11.7 Å². The summed E-state index contributed by atoms with van der Waals surface area (Å²) in [6, 6.07) is 5.09. The summed E-state index contributed by atoms with van der Waals surface area (Å²) in [5.74, 6) is -0.143. The molecule has 0 radical (unpaired) electrons. The number of nitrogens with one attached hydrogen (secondary N) is 1. The highest BCUT2D eigenvalue weighted by Crippen LogP contribution is 2.30. The van der Waals surface area contributed by atoms with E-state index in [1.54, 1.807) is 0 Å². The average molecular weight is 288 g/mol. The van der Waals surface area contributed by atoms with Crippen LogP contribution in [-0.4, -0.2) is 49.3 Å². The number of aliphatic hydroxyl groups is 1. The van der Waals surface area contributed by atoms with Crippen molar-refractivity contribution in [2.45, 2.75) is 12.1 Å². The van der Waals surface area contributed by atoms with Crippen LogP contribution in [0.4, 0.5) is 13.2 Å². The summed E-state index contributed by atoms with van der Waals surface area (Å²) < 4.78 is 37.5. The normalized spacial score (nSPS) is 19.0. The summed E-state index contributed by atoms with van der Waals surface area (Å²) in [6.45, 7) is 4.23. The zero-order valence-electron chi connectivity index (χ0n) is 11.2. The highest BCUT2D eigenvalue weighted by molar-refractivity contribution is 5.27. The molecule has 1 saturated heterocycles. The molecular formula is C14H19F3N2O. The average Bonchev–Trinajstić information content (AvgIpc) is 2.45. The molecule has 1 aliphatic heterocycles. The van der Waals surface area contributed by atoms with E-state index in [4.69, 9.17) is 0 Å². The van der Waals surface area contributed by atoms with E-state index in [2.05, 4.69) is 10.2 Å². The molecule has 6 heteroatoms. The zero-order chi connectivity index (χ0) is 14.6. The van der Waals surface area contributed by atoms with Crippen LogP contribution < -0.4 is 5.32 Å². The number of hydrogen-bond donors (Lipinski definition) is 2. The number of benzene rings is 1. The largest absolute Gasteiger partial charge is 0.416 e. The van der Waals surface area contributed by atoms with Crippen molar-refractivity contribution < 1.29 is 18.3 Å². The van der Waals surface area contributed by atoms with Gasteiger partial charge in [0.1, 0.15) is 0 Å². The van der Waals surface area contributed by atoms with Crippen molar-refractivity contribution >= 4 is 0 Å². The Morgan fingerprint density at radius 1 is 1.15 bits per heavy atom. The molecule has 0 spiro atoms. The number of nitrogens with zero attached hydrogens (tertiary/aromatic N) is 1. The maximum Gasteiger partial charge on any atom is 0.416 e. The molecule has 1 aromatic carbocycles. The fraction of sp³-hybridized carbons (Fsp3) is 0.571. The van der Waals surface area contributed by atoms with E-state index in [0.29, 0.717) is 6.54 Å². The molecule has 1 unspecified atom stereocenters. The molecule has 3 nitrogen and oxygen atoms in total. The third-order valence-electron chi connectivity index (χ3n) is 3.62. The second-order valence-electron chi connectivity index (χ2n) is 5.05. The van der Waals surface area contributed by atoms with E-state index >= 15 is 0 Å². The molecule has 0 amide bonds. The monoisotopic (exact) mass is 288 g/mol. The minimum absolute atomic E-state index is 0.0602. The quantitative estimate of drug-likeness (QED) is 0.885. The Balaban J connectivity index is 2.03. The van der Waals surface area contributed by atoms with Gasteiger partial charge in [-0.2, -0.15) is 13.2 Å². The van der Waals surface area contributed by atoms with Gasteiger partial charge in [0, 0.05) is 38.6 Å². The Labute approximate surface area is 116 Å². The predicted octanol–water partition coefficient (Wildman–Crippen LogP) is 1.69. The fourth-order valence-electron chi connectivity index (χ4n) is 2.42. The lowest BCUT2D eigenvalue weighted by Crippen LogP contribution is -2.45. The Morgan fingerprint density at radius 2 is 1.75 bits per heavy atom. The van der Waals surface area contributed by atoms with Crippen molar-refractivity contribution in [3.63, 3.8) is 0 Å². The molecule has 20 heavy (non-hydrogen) atoms. The van der Waals surface area contributed by atoms with Gasteiger partial charge in [-0.1, -0.05) is 12.1 Å². The predicted molar refractivity (Wildman–Crippen MR) is 70.6 cm³/mol. The van der Waals surface area contributed by atoms with Crippen LogP contribution in [0.5, 0.6) is 0 Å². The molecule has 112 valence electrons. The van der Waals surface area contributed by atoms with E-state index in [1.807, 2.05) is 0 Å². The molecule has 0 aliphatic carbocycles. The van der Waals surface area contributed by atoms with Crippen molar-refractivity contribution in [2.24, 2.45) is 0 Å². The van der Waals surface area contributed by atoms with Crippen molar-refractivity contribution in [1.29, 1.82) is 0 Å². The number of hydrogen-bond acceptors (Lipinski definition) is 3. The summed E-state index contributed by atoms with van der Waals surface area (Å²) in [7, 11) is 0. The lowest BCUT2D eigenvalue weighted by molar-refractivity contribution is -0.137. The van der Waals surface area contributed by atoms with E-state index in [9.17, 15) is 18.3 Å². The third-order valence-corrected chi connectivity index (χ3v) is 3.62. The maximum absolute atomic E-state index is 12.5. The number of alkyl halides is 3. The van der Waals surface area contributed by atoms with Crippen molar-refractivity contribution in [2.75, 3.05) is 39.3 Å². The van der Waals surface area contributed by atoms with Gasteiger partial charge in [-0.25, -0.2) is 0 Å². The topological polar surface area (TPSA) is 35.5 Å². The number of aliphatic hydroxyl groups excluding tert-OH is 1. The minimum atomic E-state index is -4.31. The Bertz CT molecular complexity index is 413. The van der Waals surface area contributed by atoms with Crippen molar-refractivity contribution in [3.05, 3.63) is 35.4 Å². The van der Waals surface area contributed by atoms with Gasteiger partial charge in [0.15, 0.2) is 0 Å². The number of rotatable bonds is 4. The molecule has 1 fully saturated rings. The molecule has 1 heterocycles. The standard InChI is InChI=1S/C14H19F3N2O/c15-14(16,17)13-3-1-11(2-4-13)12(10-20)9-19-7-5-18-6-8-19/h1-4,12,18,20H,5-10H2. The van der Waals surface area contributed by atoms with Crippen molar-refractivity contribution in [1.82, 2.24) is 10.2 Å². The Hall–Kier alpha value is -1.11. The smallest absolute Gasteiger partial charge is 0.396 e. The molecule has 0 bridgehead atoms. The molecule has 0 saturated carbocycles. The minimum Gasteiger partial charge on any atom is -0.396 e. The van der Waals surface area contributed by atoms with Gasteiger partial charge < -0.3 is 15.3 Å². The summed E-state index contributed by atoms with van der Waals surface area (Å²) in [5, 5.41) is 12.7. The molecule has 1 atom stereocenters. The second kappa shape index (κ2) is 6.56. The molecule has 0 aromatic heterocycles. The first-order valence-corrected chi connectivity index (χ1v) is 6.72. The van der Waals surface area contributed by atoms with Gasteiger partial charge in [-0.05, 0) is 17.7 Å². The van der Waals surface area contributed by atoms with Gasteiger partial charge in [-0.15, -0.1) is 0 Å². The summed E-state index contributed by atoms with van der Waals surface area (Å²) in [6.07, 6.45) is -4.31. The molecule has 2 N–H and O–H groups in total. The highest BCUT2D eigenvalue weighted by atomic mass is 19.4. The number of piperazine rings is 1. The van der Waals surface area contributed by atoms with Crippen molar-refractivity contribution in [3.8, 4) is 0 Å². The third kappa shape index (κ3) is 3.94. The first-order valence-electron chi connectivity index (χ1n) is 6.72. The summed E-state index contributed by atoms with van der Waals surface area (Å²) in [5.41, 5.74) is 0.0964. The second-order valence-corrected chi connectivity index (χ2v) is 5.05. The first-order chi connectivity index (χ1) is 9.50. The molecule has 1 aromatic rings. The molecule has 2 rings (SSSR count). The first kappa shape index (κ1) is 15.3. The van der Waals surface area contributed by atoms with Gasteiger partial charge in [0.05, 0.1) is 12.2 Å². The zero-order valence-corrected chi connectivity index (χ0v) is 11.2. The van der Waals surface area contributed by atoms with Crippen LogP contribution >= 0.6 is 0 Å². The van der Waals surface area contributed by atoms with Crippen LogP contribution in [0, 0.1) is 0 Å². The van der Waals surface area contributed by atoms with Crippen LogP contribution in [0.3, 0.4) is 0 Å². The number of halogens is 3. The SMILES string of the molecule is OCC(CN1CCNCC1)c1ccc(C(F)(F)F)cc1. The van der Waals surface area contributed by atoms with Gasteiger partial charge in [0.25, 0.3) is 0 Å². The lowest BCUT2D eigenvalue weighted by Gasteiger charge is -2.30. The molecular weight excluding hydrogens is 269 g/mol. The van der Waals surface area contributed by atoms with E-state index in [0.717, 1.165) is 43.9 Å². The summed E-state index contributed by atoms with van der Waals surface area (Å²) >= 11 is 0. The van der Waals surface area contributed by atoms with Gasteiger partial charge in [-0.3, -0.25) is 0 Å². The summed E-state index contributed by atoms with van der Waals surface area (Å²) in [4.78, 5) is 2.22. The molecule has 1 aliphatic rings. The van der Waals surface area contributed by atoms with Crippen LogP contribution in [0.2, 0.25) is 0 Å². The van der Waals surface area contributed by atoms with E-state index in [1.165, 1.54) is 12.1 Å². The van der Waals surface area contributed by atoms with Crippen LogP contribution in [0.1, 0.15) is 17.0 Å². The van der Waals surface area contributed by atoms with E-state index in [-0.39, 0.29) is 12.5 Å². The fourth-order valence-corrected chi connectivity index (χ4v) is 2.42. The van der Waals surface area contributed by atoms with Gasteiger partial charge >= 0.3 is 6.18 Å². The van der Waals surface area contributed by atoms with Crippen LogP contribution in [0.15, 0.2) is 24.3 Å². The maximum atomic E-state index is 12.5. The lowest BCUT2D eigenvalue weighted by atomic mass is 9.97. The van der Waals surface area contributed by atoms with Crippen LogP contribution in [0.25, 0.3) is 0 Å². The Kier molecular flexibility index (Phi) is 5.01. The van der Waals surface area contributed by atoms with Crippen LogP contribution in [-0.2, 0) is 6.18 Å². The Morgan fingerprint density at radius 3 is 2.25 bits per heavy atom. The van der Waals surface area contributed by atoms with Gasteiger partial charge in [0.2, 0.25) is 0 Å².